The highest BCUT2D eigenvalue weighted by Gasteiger charge is 2.07. The Hall–Kier alpha value is -2.11. The zero-order valence-corrected chi connectivity index (χ0v) is 12.7. The number of nitrogens with zero attached hydrogens (tertiary/aromatic N) is 1. The molecule has 110 valence electrons. The van der Waals surface area contributed by atoms with Crippen LogP contribution >= 0.6 is 0 Å². The third-order valence-corrected chi connectivity index (χ3v) is 3.92. The fraction of sp³-hybridized carbons (Fsp3) is 0.125. The van der Waals surface area contributed by atoms with E-state index in [1.54, 1.807) is 12.1 Å². The Morgan fingerprint density at radius 1 is 0.857 bits per heavy atom. The van der Waals surface area contributed by atoms with Gasteiger partial charge in [0.05, 0.1) is 4.90 Å². The molecule has 0 amide bonds. The van der Waals surface area contributed by atoms with Crippen LogP contribution in [0, 0.1) is 0 Å². The van der Waals surface area contributed by atoms with Gasteiger partial charge in [0.2, 0.25) is 0 Å². The Bertz CT molecular complexity index is 730. The Morgan fingerprint density at radius 3 is 1.67 bits per heavy atom. The molecular formula is C16H17NO3S. The van der Waals surface area contributed by atoms with Gasteiger partial charge >= 0.3 is 0 Å². The SMILES string of the molecule is CN(C)c1ccc(C=Cc2ccc(S(=O)(=O)O)cc2)cc1. The van der Waals surface area contributed by atoms with E-state index in [1.807, 2.05) is 55.4 Å². The third-order valence-electron chi connectivity index (χ3n) is 3.06. The predicted octanol–water partition coefficient (Wildman–Crippen LogP) is 3.17. The van der Waals surface area contributed by atoms with Gasteiger partial charge in [-0.1, -0.05) is 36.4 Å². The first-order valence-corrected chi connectivity index (χ1v) is 7.83. The zero-order valence-electron chi connectivity index (χ0n) is 11.9. The van der Waals surface area contributed by atoms with Crippen LogP contribution < -0.4 is 4.90 Å². The van der Waals surface area contributed by atoms with Crippen molar-refractivity contribution in [3.8, 4) is 0 Å². The van der Waals surface area contributed by atoms with Crippen LogP contribution in [-0.2, 0) is 10.1 Å². The van der Waals surface area contributed by atoms with Gasteiger partial charge in [0.1, 0.15) is 0 Å². The van der Waals surface area contributed by atoms with E-state index in [9.17, 15) is 8.42 Å². The summed E-state index contributed by atoms with van der Waals surface area (Å²) in [4.78, 5) is 1.93. The normalized spacial score (nSPS) is 11.8. The lowest BCUT2D eigenvalue weighted by molar-refractivity contribution is 0.483. The molecule has 0 heterocycles. The van der Waals surface area contributed by atoms with Crippen LogP contribution in [0.25, 0.3) is 12.2 Å². The Morgan fingerprint density at radius 2 is 1.29 bits per heavy atom. The van der Waals surface area contributed by atoms with Gasteiger partial charge in [-0.15, -0.1) is 0 Å². The molecule has 0 spiro atoms. The van der Waals surface area contributed by atoms with Gasteiger partial charge in [-0.3, -0.25) is 4.55 Å². The lowest BCUT2D eigenvalue weighted by Crippen LogP contribution is -2.07. The topological polar surface area (TPSA) is 57.6 Å². The first kappa shape index (κ1) is 15.3. The third kappa shape index (κ3) is 4.18. The fourth-order valence-electron chi connectivity index (χ4n) is 1.83. The molecule has 0 aliphatic carbocycles. The van der Waals surface area contributed by atoms with Gasteiger partial charge in [0.15, 0.2) is 0 Å². The van der Waals surface area contributed by atoms with Crippen molar-refractivity contribution in [1.29, 1.82) is 0 Å². The molecule has 0 atom stereocenters. The molecule has 0 saturated carbocycles. The molecule has 2 aromatic carbocycles. The minimum atomic E-state index is -4.13. The zero-order chi connectivity index (χ0) is 15.5. The molecule has 4 nitrogen and oxygen atoms in total. The standard InChI is InChI=1S/C16H17NO3S/c1-17(2)15-9-5-13(6-10-15)3-4-14-7-11-16(12-8-14)21(18,19)20/h3-12H,1-2H3,(H,18,19,20). The number of hydrogen-bond acceptors (Lipinski definition) is 3. The summed E-state index contributed by atoms with van der Waals surface area (Å²) in [6.45, 7) is 0. The van der Waals surface area contributed by atoms with Gasteiger partial charge in [-0.25, -0.2) is 0 Å². The Balaban J connectivity index is 2.14. The monoisotopic (exact) mass is 303 g/mol. The van der Waals surface area contributed by atoms with Gasteiger partial charge < -0.3 is 4.90 Å². The molecular weight excluding hydrogens is 286 g/mol. The quantitative estimate of drug-likeness (QED) is 0.696. The lowest BCUT2D eigenvalue weighted by atomic mass is 10.1. The average molecular weight is 303 g/mol. The first-order chi connectivity index (χ1) is 9.86. The highest BCUT2D eigenvalue weighted by Crippen LogP contribution is 2.15. The van der Waals surface area contributed by atoms with Gasteiger partial charge in [0.25, 0.3) is 10.1 Å². The van der Waals surface area contributed by atoms with Crippen molar-refractivity contribution in [2.45, 2.75) is 4.90 Å². The minimum Gasteiger partial charge on any atom is -0.378 e. The second-order valence-electron chi connectivity index (χ2n) is 4.86. The van der Waals surface area contributed by atoms with Crippen LogP contribution in [-0.4, -0.2) is 27.1 Å². The van der Waals surface area contributed by atoms with Crippen LogP contribution in [0.3, 0.4) is 0 Å². The maximum absolute atomic E-state index is 10.9. The summed E-state index contributed by atoms with van der Waals surface area (Å²) in [7, 11) is -0.153. The summed E-state index contributed by atoms with van der Waals surface area (Å²) >= 11 is 0. The second-order valence-corrected chi connectivity index (χ2v) is 6.28. The van der Waals surface area contributed by atoms with Crippen molar-refractivity contribution in [2.75, 3.05) is 19.0 Å². The molecule has 0 aromatic heterocycles. The molecule has 1 N–H and O–H groups in total. The molecule has 0 fully saturated rings. The first-order valence-electron chi connectivity index (χ1n) is 6.39. The van der Waals surface area contributed by atoms with Gasteiger partial charge in [-0.05, 0) is 35.4 Å². The van der Waals surface area contributed by atoms with E-state index in [-0.39, 0.29) is 4.90 Å². The number of benzene rings is 2. The van der Waals surface area contributed by atoms with Crippen molar-refractivity contribution in [1.82, 2.24) is 0 Å². The maximum atomic E-state index is 10.9. The van der Waals surface area contributed by atoms with Crippen LogP contribution in [0.1, 0.15) is 11.1 Å². The van der Waals surface area contributed by atoms with E-state index in [1.165, 1.54) is 12.1 Å². The molecule has 0 radical (unpaired) electrons. The Kier molecular flexibility index (Phi) is 4.45. The molecule has 5 heteroatoms. The predicted molar refractivity (Wildman–Crippen MR) is 86.0 cm³/mol. The summed E-state index contributed by atoms with van der Waals surface area (Å²) in [5.41, 5.74) is 3.04. The molecule has 2 rings (SSSR count). The maximum Gasteiger partial charge on any atom is 0.294 e. The van der Waals surface area contributed by atoms with E-state index < -0.39 is 10.1 Å². The molecule has 2 aromatic rings. The summed E-state index contributed by atoms with van der Waals surface area (Å²) in [6.07, 6.45) is 3.83. The van der Waals surface area contributed by atoms with Crippen LogP contribution in [0.2, 0.25) is 0 Å². The minimum absolute atomic E-state index is 0.102. The van der Waals surface area contributed by atoms with Crippen LogP contribution in [0.5, 0.6) is 0 Å². The highest BCUT2D eigenvalue weighted by molar-refractivity contribution is 7.85. The molecule has 0 saturated heterocycles. The lowest BCUT2D eigenvalue weighted by Gasteiger charge is -2.11. The molecule has 0 bridgehead atoms. The summed E-state index contributed by atoms with van der Waals surface area (Å²) < 4.78 is 30.8. The highest BCUT2D eigenvalue weighted by atomic mass is 32.2. The summed E-state index contributed by atoms with van der Waals surface area (Å²) in [5, 5.41) is 0. The van der Waals surface area contributed by atoms with Crippen LogP contribution in [0.15, 0.2) is 53.4 Å². The molecule has 21 heavy (non-hydrogen) atoms. The van der Waals surface area contributed by atoms with Crippen LogP contribution in [0.4, 0.5) is 5.69 Å². The average Bonchev–Trinajstić information content (AvgIpc) is 2.45. The number of hydrogen-bond donors (Lipinski definition) is 1. The van der Waals surface area contributed by atoms with E-state index in [2.05, 4.69) is 0 Å². The van der Waals surface area contributed by atoms with E-state index in [0.717, 1.165) is 16.8 Å². The van der Waals surface area contributed by atoms with Crippen molar-refractivity contribution < 1.29 is 13.0 Å². The van der Waals surface area contributed by atoms with Crippen molar-refractivity contribution in [2.24, 2.45) is 0 Å². The Labute approximate surface area is 125 Å². The van der Waals surface area contributed by atoms with Gasteiger partial charge in [-0.2, -0.15) is 8.42 Å². The van der Waals surface area contributed by atoms with E-state index in [4.69, 9.17) is 4.55 Å². The summed E-state index contributed by atoms with van der Waals surface area (Å²) in [6, 6.07) is 14.1. The van der Waals surface area contributed by atoms with E-state index in [0.29, 0.717) is 0 Å². The van der Waals surface area contributed by atoms with Gasteiger partial charge in [0, 0.05) is 19.8 Å². The number of rotatable bonds is 4. The molecule has 0 unspecified atom stereocenters. The van der Waals surface area contributed by atoms with E-state index >= 15 is 0 Å². The molecule has 0 aliphatic heterocycles. The number of anilines is 1. The molecule has 0 aliphatic rings. The second kappa shape index (κ2) is 6.11. The van der Waals surface area contributed by atoms with Crippen molar-refractivity contribution in [3.63, 3.8) is 0 Å². The van der Waals surface area contributed by atoms with Crippen molar-refractivity contribution in [3.05, 3.63) is 59.7 Å². The van der Waals surface area contributed by atoms with Crippen molar-refractivity contribution >= 4 is 28.0 Å². The fourth-order valence-corrected chi connectivity index (χ4v) is 2.31. The largest absolute Gasteiger partial charge is 0.378 e. The smallest absolute Gasteiger partial charge is 0.294 e. The summed E-state index contributed by atoms with van der Waals surface area (Å²) in [5.74, 6) is 0.